The summed E-state index contributed by atoms with van der Waals surface area (Å²) >= 11 is 0. The Morgan fingerprint density at radius 2 is 1.26 bits per heavy atom. The molecule has 0 atom stereocenters. The molecule has 0 radical (unpaired) electrons. The van der Waals surface area contributed by atoms with Gasteiger partial charge in [0.25, 0.3) is 0 Å². The average molecular weight is 511 g/mol. The first-order chi connectivity index (χ1) is 18.3. The van der Waals surface area contributed by atoms with Crippen LogP contribution in [0.4, 0.5) is 0 Å². The van der Waals surface area contributed by atoms with Crippen LogP contribution in [-0.4, -0.2) is 42.6 Å². The van der Waals surface area contributed by atoms with Gasteiger partial charge in [0, 0.05) is 0 Å². The second-order valence-electron chi connectivity index (χ2n) is 7.88. The normalized spacial score (nSPS) is 10.7. The third-order valence-corrected chi connectivity index (χ3v) is 5.31. The summed E-state index contributed by atoms with van der Waals surface area (Å²) in [4.78, 5) is 26.3. The maximum absolute atomic E-state index is 13.2. The van der Waals surface area contributed by atoms with Crippen molar-refractivity contribution in [3.63, 3.8) is 0 Å². The first kappa shape index (κ1) is 27.4. The zero-order valence-electron chi connectivity index (χ0n) is 20.9. The summed E-state index contributed by atoms with van der Waals surface area (Å²) in [6.07, 6.45) is 12.3. The summed E-state index contributed by atoms with van der Waals surface area (Å²) < 4.78 is 15.6. The number of phenolic OH excluding ortho intramolecular Hbond substituents is 2. The van der Waals surface area contributed by atoms with Crippen molar-refractivity contribution < 1.29 is 34.0 Å². The lowest BCUT2D eigenvalue weighted by Gasteiger charge is -2.05. The molecular weight excluding hydrogens is 484 g/mol. The maximum Gasteiger partial charge on any atom is 0.189 e. The van der Waals surface area contributed by atoms with Gasteiger partial charge in [0.05, 0.1) is 19.8 Å². The molecule has 0 heterocycles. The third-order valence-electron chi connectivity index (χ3n) is 5.31. The van der Waals surface area contributed by atoms with E-state index in [9.17, 15) is 19.8 Å². The number of allylic oxidation sites excluding steroid dienone is 3. The van der Waals surface area contributed by atoms with Crippen LogP contribution < -0.4 is 14.2 Å². The quantitative estimate of drug-likeness (QED) is 0.161. The lowest BCUT2D eigenvalue weighted by atomic mass is 10.0. The summed E-state index contributed by atoms with van der Waals surface area (Å²) in [6, 6.07) is 16.0. The maximum atomic E-state index is 13.2. The molecule has 0 bridgehead atoms. The van der Waals surface area contributed by atoms with Gasteiger partial charge in [-0.2, -0.15) is 0 Å². The van der Waals surface area contributed by atoms with Gasteiger partial charge in [0.15, 0.2) is 34.6 Å². The van der Waals surface area contributed by atoms with Gasteiger partial charge in [-0.25, -0.2) is 0 Å². The molecular formula is C31H26O7. The number of methoxy groups -OCH3 is 2. The zero-order valence-corrected chi connectivity index (χ0v) is 20.9. The van der Waals surface area contributed by atoms with Crippen molar-refractivity contribution >= 4 is 29.8 Å². The number of carbonyl (C=O) groups is 2. The molecule has 2 N–H and O–H groups in total. The van der Waals surface area contributed by atoms with E-state index < -0.39 is 11.6 Å². The Labute approximate surface area is 220 Å². The van der Waals surface area contributed by atoms with Gasteiger partial charge < -0.3 is 24.4 Å². The Bertz CT molecular complexity index is 1360. The standard InChI is InChI=1S/C31H26O7/c1-4-17-38-24-11-5-21(6-12-24)18-25(26(32)13-7-22-9-15-28(34)30(19-22)36-2)27(33)14-8-23-10-16-29(35)31(20-23)37-3/h1,5-16,18-20,34-35H,17H2,2-3H3/b13-7+,14-8+. The molecule has 0 aliphatic carbocycles. The van der Waals surface area contributed by atoms with E-state index in [0.29, 0.717) is 22.4 Å². The predicted molar refractivity (Wildman–Crippen MR) is 146 cm³/mol. The van der Waals surface area contributed by atoms with Crippen LogP contribution in [0, 0.1) is 12.3 Å². The fourth-order valence-corrected chi connectivity index (χ4v) is 3.33. The van der Waals surface area contributed by atoms with Crippen molar-refractivity contribution in [2.24, 2.45) is 0 Å². The van der Waals surface area contributed by atoms with Crippen molar-refractivity contribution in [1.29, 1.82) is 0 Å². The van der Waals surface area contributed by atoms with Crippen LogP contribution in [0.15, 0.2) is 78.4 Å². The number of rotatable bonds is 11. The zero-order chi connectivity index (χ0) is 27.5. The minimum Gasteiger partial charge on any atom is -0.504 e. The second-order valence-corrected chi connectivity index (χ2v) is 7.88. The van der Waals surface area contributed by atoms with Crippen LogP contribution in [0.2, 0.25) is 0 Å². The number of phenols is 2. The van der Waals surface area contributed by atoms with Crippen LogP contribution in [-0.2, 0) is 9.59 Å². The average Bonchev–Trinajstić information content (AvgIpc) is 2.94. The largest absolute Gasteiger partial charge is 0.504 e. The van der Waals surface area contributed by atoms with E-state index in [1.165, 1.54) is 56.7 Å². The van der Waals surface area contributed by atoms with E-state index in [0.717, 1.165) is 0 Å². The molecule has 0 amide bonds. The fourth-order valence-electron chi connectivity index (χ4n) is 3.33. The lowest BCUT2D eigenvalue weighted by molar-refractivity contribution is -0.116. The van der Waals surface area contributed by atoms with Crippen LogP contribution in [0.25, 0.3) is 18.2 Å². The van der Waals surface area contributed by atoms with Gasteiger partial charge in [0.1, 0.15) is 12.4 Å². The van der Waals surface area contributed by atoms with Crippen molar-refractivity contribution in [2.75, 3.05) is 20.8 Å². The van der Waals surface area contributed by atoms with Crippen molar-refractivity contribution in [1.82, 2.24) is 0 Å². The molecule has 0 aromatic heterocycles. The number of ketones is 2. The summed E-state index contributed by atoms with van der Waals surface area (Å²) in [7, 11) is 2.85. The van der Waals surface area contributed by atoms with Crippen molar-refractivity contribution in [2.45, 2.75) is 0 Å². The topological polar surface area (TPSA) is 102 Å². The summed E-state index contributed by atoms with van der Waals surface area (Å²) in [6.45, 7) is 0.122. The molecule has 7 heteroatoms. The molecule has 3 rings (SSSR count). The summed E-state index contributed by atoms with van der Waals surface area (Å²) in [5.41, 5.74) is 1.73. The monoisotopic (exact) mass is 510 g/mol. The molecule has 0 spiro atoms. The van der Waals surface area contributed by atoms with Gasteiger partial charge in [-0.15, -0.1) is 6.42 Å². The molecule has 0 saturated carbocycles. The van der Waals surface area contributed by atoms with Gasteiger partial charge >= 0.3 is 0 Å². The number of hydrogen-bond acceptors (Lipinski definition) is 7. The van der Waals surface area contributed by atoms with E-state index in [4.69, 9.17) is 20.6 Å². The van der Waals surface area contributed by atoms with Crippen LogP contribution in [0.3, 0.4) is 0 Å². The first-order valence-electron chi connectivity index (χ1n) is 11.4. The van der Waals surface area contributed by atoms with Gasteiger partial charge in [-0.1, -0.05) is 42.3 Å². The highest BCUT2D eigenvalue weighted by Gasteiger charge is 2.14. The molecule has 0 aliphatic rings. The fraction of sp³-hybridized carbons (Fsp3) is 0.0968. The second kappa shape index (κ2) is 13.2. The Morgan fingerprint density at radius 1 is 0.789 bits per heavy atom. The molecule has 192 valence electrons. The van der Waals surface area contributed by atoms with E-state index in [-0.39, 0.29) is 35.2 Å². The highest BCUT2D eigenvalue weighted by molar-refractivity contribution is 6.31. The number of hydrogen-bond donors (Lipinski definition) is 2. The number of terminal acetylenes is 1. The van der Waals surface area contributed by atoms with Crippen molar-refractivity contribution in [3.05, 3.63) is 95.1 Å². The highest BCUT2D eigenvalue weighted by Crippen LogP contribution is 2.28. The van der Waals surface area contributed by atoms with Gasteiger partial charge in [0.2, 0.25) is 0 Å². The van der Waals surface area contributed by atoms with Gasteiger partial charge in [-0.05, 0) is 71.3 Å². The smallest absolute Gasteiger partial charge is 0.189 e. The number of aromatic hydroxyl groups is 2. The molecule has 0 saturated heterocycles. The Kier molecular flexibility index (Phi) is 9.50. The lowest BCUT2D eigenvalue weighted by Crippen LogP contribution is -2.08. The van der Waals surface area contributed by atoms with E-state index in [1.807, 2.05) is 0 Å². The highest BCUT2D eigenvalue weighted by atomic mass is 16.5. The Balaban J connectivity index is 1.92. The summed E-state index contributed by atoms with van der Waals surface area (Å²) in [5, 5.41) is 19.6. The molecule has 0 aliphatic heterocycles. The van der Waals surface area contributed by atoms with Crippen LogP contribution >= 0.6 is 0 Å². The van der Waals surface area contributed by atoms with E-state index >= 15 is 0 Å². The van der Waals surface area contributed by atoms with E-state index in [1.54, 1.807) is 48.5 Å². The third kappa shape index (κ3) is 7.39. The number of ether oxygens (including phenoxy) is 3. The minimum atomic E-state index is -0.525. The molecule has 0 unspecified atom stereocenters. The summed E-state index contributed by atoms with van der Waals surface area (Å²) in [5.74, 6) is 2.34. The SMILES string of the molecule is C#CCOc1ccc(C=C(C(=O)/C=C/c2ccc(O)c(OC)c2)C(=O)/C=C/c2ccc(O)c(OC)c2)cc1. The molecule has 7 nitrogen and oxygen atoms in total. The van der Waals surface area contributed by atoms with Gasteiger partial charge in [-0.3, -0.25) is 9.59 Å². The van der Waals surface area contributed by atoms with Crippen LogP contribution in [0.1, 0.15) is 16.7 Å². The number of carbonyl (C=O) groups excluding carboxylic acids is 2. The van der Waals surface area contributed by atoms with Crippen molar-refractivity contribution in [3.8, 4) is 41.1 Å². The van der Waals surface area contributed by atoms with Crippen LogP contribution in [0.5, 0.6) is 28.7 Å². The predicted octanol–water partition coefficient (Wildman–Crippen LogP) is 5.08. The first-order valence-corrected chi connectivity index (χ1v) is 11.4. The molecule has 0 fully saturated rings. The molecule has 3 aromatic carbocycles. The Hall–Kier alpha value is -5.22. The Morgan fingerprint density at radius 3 is 1.71 bits per heavy atom. The molecule has 38 heavy (non-hydrogen) atoms. The van der Waals surface area contributed by atoms with E-state index in [2.05, 4.69) is 5.92 Å². The number of benzene rings is 3. The molecule has 3 aromatic rings. The minimum absolute atomic E-state index is 0.0302.